The predicted molar refractivity (Wildman–Crippen MR) is 106 cm³/mol. The number of hydrogen-bond acceptors (Lipinski definition) is 5. The van der Waals surface area contributed by atoms with Gasteiger partial charge in [-0.15, -0.1) is 0 Å². The molecule has 0 bridgehead atoms. The van der Waals surface area contributed by atoms with Crippen LogP contribution in [0.5, 0.6) is 5.75 Å². The maximum absolute atomic E-state index is 11.3. The Hall–Kier alpha value is -2.82. The highest BCUT2D eigenvalue weighted by Gasteiger charge is 2.29. The molecule has 27 heavy (non-hydrogen) atoms. The van der Waals surface area contributed by atoms with Crippen molar-refractivity contribution in [1.82, 2.24) is 4.98 Å². The third-order valence-corrected chi connectivity index (χ3v) is 5.04. The fourth-order valence-corrected chi connectivity index (χ4v) is 3.57. The smallest absolute Gasteiger partial charge is 0.192 e. The number of rotatable bonds is 6. The van der Waals surface area contributed by atoms with Crippen LogP contribution in [0.25, 0.3) is 11.1 Å². The zero-order valence-electron chi connectivity index (χ0n) is 15.9. The molecule has 2 heterocycles. The number of ether oxygens (including phenoxy) is 1. The highest BCUT2D eigenvalue weighted by atomic mass is 16.5. The summed E-state index contributed by atoms with van der Waals surface area (Å²) < 4.78 is 11.6. The SMILES string of the molecule is CC(=O)C[C@@H](C)c1ccc(OC2CN(c3ccc4oc(C)nc4c3)C2)cc1. The molecule has 3 aromatic rings. The van der Waals surface area contributed by atoms with Crippen molar-refractivity contribution in [3.63, 3.8) is 0 Å². The highest BCUT2D eigenvalue weighted by Crippen LogP contribution is 2.28. The topological polar surface area (TPSA) is 55.6 Å². The monoisotopic (exact) mass is 364 g/mol. The van der Waals surface area contributed by atoms with E-state index in [1.54, 1.807) is 6.92 Å². The average molecular weight is 364 g/mol. The van der Waals surface area contributed by atoms with Crippen LogP contribution in [-0.2, 0) is 4.79 Å². The van der Waals surface area contributed by atoms with Gasteiger partial charge in [0.15, 0.2) is 11.5 Å². The molecule has 0 unspecified atom stereocenters. The summed E-state index contributed by atoms with van der Waals surface area (Å²) >= 11 is 0. The summed E-state index contributed by atoms with van der Waals surface area (Å²) in [5.74, 6) is 2.02. The van der Waals surface area contributed by atoms with Gasteiger partial charge in [-0.2, -0.15) is 0 Å². The van der Waals surface area contributed by atoms with Crippen molar-refractivity contribution in [1.29, 1.82) is 0 Å². The Morgan fingerprint density at radius 3 is 2.70 bits per heavy atom. The molecule has 2 aromatic carbocycles. The van der Waals surface area contributed by atoms with Gasteiger partial charge in [-0.3, -0.25) is 0 Å². The maximum atomic E-state index is 11.3. The summed E-state index contributed by atoms with van der Waals surface area (Å²) in [4.78, 5) is 17.9. The van der Waals surface area contributed by atoms with Crippen molar-refractivity contribution in [3.8, 4) is 5.75 Å². The van der Waals surface area contributed by atoms with Crippen molar-refractivity contribution < 1.29 is 13.9 Å². The summed E-state index contributed by atoms with van der Waals surface area (Å²) in [6.45, 7) is 7.28. The van der Waals surface area contributed by atoms with Crippen LogP contribution in [0.4, 0.5) is 5.69 Å². The van der Waals surface area contributed by atoms with E-state index in [0.717, 1.165) is 35.6 Å². The first-order valence-corrected chi connectivity index (χ1v) is 9.36. The fraction of sp³-hybridized carbons (Fsp3) is 0.364. The molecule has 0 radical (unpaired) electrons. The molecule has 140 valence electrons. The third-order valence-electron chi connectivity index (χ3n) is 5.04. The van der Waals surface area contributed by atoms with E-state index in [1.807, 2.05) is 25.1 Å². The molecule has 1 aromatic heterocycles. The summed E-state index contributed by atoms with van der Waals surface area (Å²) in [5, 5.41) is 0. The van der Waals surface area contributed by atoms with Gasteiger partial charge in [0.25, 0.3) is 0 Å². The average Bonchev–Trinajstić information content (AvgIpc) is 2.96. The summed E-state index contributed by atoms with van der Waals surface area (Å²) in [6, 6.07) is 14.2. The van der Waals surface area contributed by atoms with Crippen LogP contribution in [0.2, 0.25) is 0 Å². The normalized spacial score (nSPS) is 15.6. The van der Waals surface area contributed by atoms with Crippen LogP contribution in [0.3, 0.4) is 0 Å². The van der Waals surface area contributed by atoms with Crippen LogP contribution >= 0.6 is 0 Å². The first kappa shape index (κ1) is 17.6. The van der Waals surface area contributed by atoms with Gasteiger partial charge in [0.1, 0.15) is 23.2 Å². The van der Waals surface area contributed by atoms with Gasteiger partial charge >= 0.3 is 0 Å². The Morgan fingerprint density at radius 1 is 1.26 bits per heavy atom. The molecule has 1 atom stereocenters. The number of ketones is 1. The Labute approximate surface area is 158 Å². The molecule has 0 aliphatic carbocycles. The molecule has 5 heteroatoms. The van der Waals surface area contributed by atoms with Crippen molar-refractivity contribution in [2.75, 3.05) is 18.0 Å². The molecule has 4 rings (SSSR count). The molecule has 5 nitrogen and oxygen atoms in total. The largest absolute Gasteiger partial charge is 0.487 e. The minimum absolute atomic E-state index is 0.181. The quantitative estimate of drug-likeness (QED) is 0.645. The lowest BCUT2D eigenvalue weighted by Crippen LogP contribution is -2.54. The van der Waals surface area contributed by atoms with E-state index in [9.17, 15) is 4.79 Å². The van der Waals surface area contributed by atoms with Gasteiger partial charge in [-0.05, 0) is 48.7 Å². The van der Waals surface area contributed by atoms with E-state index >= 15 is 0 Å². The van der Waals surface area contributed by atoms with Gasteiger partial charge < -0.3 is 18.8 Å². The van der Waals surface area contributed by atoms with E-state index < -0.39 is 0 Å². The number of anilines is 1. The Morgan fingerprint density at radius 2 is 2.00 bits per heavy atom. The minimum Gasteiger partial charge on any atom is -0.487 e. The highest BCUT2D eigenvalue weighted by molar-refractivity contribution is 5.78. The number of hydrogen-bond donors (Lipinski definition) is 0. The zero-order valence-corrected chi connectivity index (χ0v) is 15.9. The van der Waals surface area contributed by atoms with E-state index in [4.69, 9.17) is 9.15 Å². The van der Waals surface area contributed by atoms with Gasteiger partial charge in [0.05, 0.1) is 13.1 Å². The fourth-order valence-electron chi connectivity index (χ4n) is 3.57. The van der Waals surface area contributed by atoms with Crippen LogP contribution < -0.4 is 9.64 Å². The Kier molecular flexibility index (Phi) is 4.60. The number of fused-ring (bicyclic) bond motifs is 1. The lowest BCUT2D eigenvalue weighted by molar-refractivity contribution is -0.117. The first-order valence-electron chi connectivity index (χ1n) is 9.36. The second-order valence-electron chi connectivity index (χ2n) is 7.41. The molecule has 1 aliphatic heterocycles. The van der Waals surface area contributed by atoms with Gasteiger partial charge in [0, 0.05) is 19.0 Å². The van der Waals surface area contributed by atoms with Gasteiger partial charge in [-0.25, -0.2) is 4.98 Å². The number of aryl methyl sites for hydroxylation is 1. The van der Waals surface area contributed by atoms with Gasteiger partial charge in [0.2, 0.25) is 0 Å². The van der Waals surface area contributed by atoms with Crippen molar-refractivity contribution >= 4 is 22.6 Å². The maximum Gasteiger partial charge on any atom is 0.192 e. The lowest BCUT2D eigenvalue weighted by Gasteiger charge is -2.40. The number of carbonyl (C=O) groups is 1. The van der Waals surface area contributed by atoms with Crippen LogP contribution in [-0.4, -0.2) is 30.0 Å². The molecule has 0 spiro atoms. The molecular weight excluding hydrogens is 340 g/mol. The van der Waals surface area contributed by atoms with E-state index in [1.165, 1.54) is 5.56 Å². The van der Waals surface area contributed by atoms with Crippen LogP contribution in [0.1, 0.15) is 37.6 Å². The Bertz CT molecular complexity index is 955. The standard InChI is InChI=1S/C22H24N2O3/c1-14(10-15(2)25)17-4-7-19(8-5-17)27-20-12-24(13-20)18-6-9-22-21(11-18)23-16(3)26-22/h4-9,11,14,20H,10,12-13H2,1-3H3/t14-/m1/s1. The third kappa shape index (κ3) is 3.82. The summed E-state index contributed by atoms with van der Waals surface area (Å²) in [6.07, 6.45) is 0.757. The second-order valence-corrected chi connectivity index (χ2v) is 7.41. The molecular formula is C22H24N2O3. The molecule has 1 fully saturated rings. The Balaban J connectivity index is 1.33. The van der Waals surface area contributed by atoms with Crippen LogP contribution in [0, 0.1) is 6.92 Å². The number of nitrogens with zero attached hydrogens (tertiary/aromatic N) is 2. The molecule has 0 N–H and O–H groups in total. The van der Waals surface area contributed by atoms with E-state index in [0.29, 0.717) is 12.3 Å². The van der Waals surface area contributed by atoms with Crippen molar-refractivity contribution in [2.24, 2.45) is 0 Å². The number of Topliss-reactive ketones (excluding diaryl/α,β-unsaturated/α-hetero) is 1. The number of benzene rings is 2. The molecule has 0 amide bonds. The first-order chi connectivity index (χ1) is 13.0. The van der Waals surface area contributed by atoms with Gasteiger partial charge in [-0.1, -0.05) is 19.1 Å². The van der Waals surface area contributed by atoms with E-state index in [-0.39, 0.29) is 17.8 Å². The second kappa shape index (κ2) is 7.06. The number of carbonyl (C=O) groups excluding carboxylic acids is 1. The molecule has 1 aliphatic rings. The number of oxazole rings is 1. The van der Waals surface area contributed by atoms with E-state index in [2.05, 4.69) is 41.1 Å². The summed E-state index contributed by atoms with van der Waals surface area (Å²) in [7, 11) is 0. The lowest BCUT2D eigenvalue weighted by atomic mass is 9.96. The minimum atomic E-state index is 0.181. The summed E-state index contributed by atoms with van der Waals surface area (Å²) in [5.41, 5.74) is 4.03. The zero-order chi connectivity index (χ0) is 19.0. The predicted octanol–water partition coefficient (Wildman–Crippen LogP) is 4.49. The van der Waals surface area contributed by atoms with Crippen molar-refractivity contribution in [3.05, 3.63) is 53.9 Å². The van der Waals surface area contributed by atoms with Crippen LogP contribution in [0.15, 0.2) is 46.9 Å². The molecule has 0 saturated carbocycles. The van der Waals surface area contributed by atoms with Crippen molar-refractivity contribution in [2.45, 2.75) is 39.2 Å². The number of aromatic nitrogens is 1. The molecule has 1 saturated heterocycles.